The summed E-state index contributed by atoms with van der Waals surface area (Å²) in [5.74, 6) is -0.349. The normalized spacial score (nSPS) is 13.2. The van der Waals surface area contributed by atoms with Gasteiger partial charge in [0.25, 0.3) is 6.43 Å². The van der Waals surface area contributed by atoms with E-state index in [1.54, 1.807) is 13.0 Å². The van der Waals surface area contributed by atoms with Crippen molar-refractivity contribution in [3.8, 4) is 0 Å². The van der Waals surface area contributed by atoms with Crippen LogP contribution < -0.4 is 0 Å². The number of halogens is 2. The van der Waals surface area contributed by atoms with E-state index < -0.39 is 12.5 Å². The monoisotopic (exact) mass is 437 g/mol. The fourth-order valence-corrected chi connectivity index (χ4v) is 3.94. The first-order chi connectivity index (χ1) is 15.5. The van der Waals surface area contributed by atoms with Gasteiger partial charge in [0.05, 0.1) is 13.0 Å². The molecule has 0 aliphatic heterocycles. The highest BCUT2D eigenvalue weighted by atomic mass is 19.3. The number of nitrogens with zero attached hydrogens (tertiary/aromatic N) is 1. The molecule has 3 rings (SSSR count). The Labute approximate surface area is 188 Å². The highest BCUT2D eigenvalue weighted by Crippen LogP contribution is 2.36. The predicted molar refractivity (Wildman–Crippen MR) is 122 cm³/mol. The number of esters is 1. The van der Waals surface area contributed by atoms with Crippen LogP contribution >= 0.6 is 0 Å². The van der Waals surface area contributed by atoms with Crippen molar-refractivity contribution in [2.75, 3.05) is 6.61 Å². The van der Waals surface area contributed by atoms with Crippen molar-refractivity contribution < 1.29 is 18.3 Å². The van der Waals surface area contributed by atoms with E-state index in [4.69, 9.17) is 4.74 Å². The molecule has 0 aromatic heterocycles. The van der Waals surface area contributed by atoms with Crippen LogP contribution in [0, 0.1) is 0 Å². The molecule has 3 nitrogen and oxygen atoms in total. The van der Waals surface area contributed by atoms with Crippen molar-refractivity contribution in [2.45, 2.75) is 45.3 Å². The fraction of sp³-hybridized carbons (Fsp3) is 0.296. The maximum Gasteiger partial charge on any atom is 0.307 e. The second-order valence-electron chi connectivity index (χ2n) is 7.74. The number of benzene rings is 3. The van der Waals surface area contributed by atoms with Gasteiger partial charge in [0.2, 0.25) is 0 Å². The first-order valence-corrected chi connectivity index (χ1v) is 10.9. The number of alkyl halides is 2. The van der Waals surface area contributed by atoms with E-state index in [1.165, 1.54) is 12.1 Å². The van der Waals surface area contributed by atoms with Gasteiger partial charge in [0, 0.05) is 24.2 Å². The molecule has 0 saturated heterocycles. The molecule has 3 aromatic rings. The summed E-state index contributed by atoms with van der Waals surface area (Å²) >= 11 is 0. The SMILES string of the molecule is CCOC(=O)C[C@@H](c1cccc(C(F)F)c1)N(Cc1ccccc1)[C@H](C)c1ccccc1. The fourth-order valence-electron chi connectivity index (χ4n) is 3.94. The highest BCUT2D eigenvalue weighted by molar-refractivity contribution is 5.70. The van der Waals surface area contributed by atoms with Gasteiger partial charge in [-0.3, -0.25) is 9.69 Å². The van der Waals surface area contributed by atoms with Crippen LogP contribution in [0.15, 0.2) is 84.9 Å². The number of rotatable bonds is 10. The Morgan fingerprint density at radius 1 is 0.875 bits per heavy atom. The molecule has 0 unspecified atom stereocenters. The van der Waals surface area contributed by atoms with Gasteiger partial charge in [-0.2, -0.15) is 0 Å². The molecule has 0 fully saturated rings. The van der Waals surface area contributed by atoms with Crippen LogP contribution in [0.1, 0.15) is 61.0 Å². The molecule has 168 valence electrons. The maximum absolute atomic E-state index is 13.5. The molecular formula is C27H29F2NO2. The predicted octanol–water partition coefficient (Wildman–Crippen LogP) is 6.88. The highest BCUT2D eigenvalue weighted by Gasteiger charge is 2.29. The molecule has 2 atom stereocenters. The van der Waals surface area contributed by atoms with Gasteiger partial charge >= 0.3 is 5.97 Å². The molecule has 0 aliphatic carbocycles. The zero-order chi connectivity index (χ0) is 22.9. The Morgan fingerprint density at radius 3 is 2.09 bits per heavy atom. The van der Waals surface area contributed by atoms with Crippen molar-refractivity contribution in [1.29, 1.82) is 0 Å². The van der Waals surface area contributed by atoms with Crippen LogP contribution in [0.5, 0.6) is 0 Å². The molecule has 0 heterocycles. The summed E-state index contributed by atoms with van der Waals surface area (Å²) in [5.41, 5.74) is 2.79. The minimum absolute atomic E-state index is 0.0524. The van der Waals surface area contributed by atoms with Gasteiger partial charge in [-0.15, -0.1) is 0 Å². The minimum atomic E-state index is -2.58. The summed E-state index contributed by atoms with van der Waals surface area (Å²) in [7, 11) is 0. The van der Waals surface area contributed by atoms with E-state index in [0.717, 1.165) is 11.1 Å². The van der Waals surface area contributed by atoms with Gasteiger partial charge in [-0.25, -0.2) is 8.78 Å². The summed E-state index contributed by atoms with van der Waals surface area (Å²) in [4.78, 5) is 14.8. The molecule has 5 heteroatoms. The zero-order valence-electron chi connectivity index (χ0n) is 18.5. The summed E-state index contributed by atoms with van der Waals surface area (Å²) in [6.45, 7) is 4.67. The molecule has 0 N–H and O–H groups in total. The molecule has 0 radical (unpaired) electrons. The molecule has 0 saturated carbocycles. The Morgan fingerprint density at radius 2 is 1.47 bits per heavy atom. The molecule has 0 aliphatic rings. The average Bonchev–Trinajstić information content (AvgIpc) is 2.82. The average molecular weight is 438 g/mol. The number of carbonyl (C=O) groups is 1. The van der Waals surface area contributed by atoms with Crippen molar-refractivity contribution in [2.24, 2.45) is 0 Å². The van der Waals surface area contributed by atoms with Crippen molar-refractivity contribution in [3.05, 3.63) is 107 Å². The van der Waals surface area contributed by atoms with Crippen LogP contribution in [-0.2, 0) is 16.1 Å². The lowest BCUT2D eigenvalue weighted by atomic mass is 9.95. The largest absolute Gasteiger partial charge is 0.466 e. The molecular weight excluding hydrogens is 408 g/mol. The van der Waals surface area contributed by atoms with Crippen LogP contribution in [-0.4, -0.2) is 17.5 Å². The van der Waals surface area contributed by atoms with Crippen molar-refractivity contribution >= 4 is 5.97 Å². The Bertz CT molecular complexity index is 979. The second kappa shape index (κ2) is 11.5. The van der Waals surface area contributed by atoms with Gasteiger partial charge in [-0.05, 0) is 36.6 Å². The lowest BCUT2D eigenvalue weighted by molar-refractivity contribution is -0.145. The van der Waals surface area contributed by atoms with E-state index in [-0.39, 0.29) is 30.6 Å². The van der Waals surface area contributed by atoms with E-state index in [0.29, 0.717) is 12.1 Å². The first kappa shape index (κ1) is 23.6. The van der Waals surface area contributed by atoms with E-state index in [9.17, 15) is 13.6 Å². The number of carbonyl (C=O) groups excluding carboxylic acids is 1. The Kier molecular flexibility index (Phi) is 8.51. The van der Waals surface area contributed by atoms with Gasteiger partial charge in [0.15, 0.2) is 0 Å². The third-order valence-corrected chi connectivity index (χ3v) is 5.60. The smallest absolute Gasteiger partial charge is 0.307 e. The number of hydrogen-bond acceptors (Lipinski definition) is 3. The topological polar surface area (TPSA) is 29.5 Å². The maximum atomic E-state index is 13.5. The minimum Gasteiger partial charge on any atom is -0.466 e. The molecule has 0 bridgehead atoms. The second-order valence-corrected chi connectivity index (χ2v) is 7.74. The molecule has 32 heavy (non-hydrogen) atoms. The lowest BCUT2D eigenvalue weighted by Gasteiger charge is -2.37. The van der Waals surface area contributed by atoms with Crippen LogP contribution in [0.25, 0.3) is 0 Å². The zero-order valence-corrected chi connectivity index (χ0v) is 18.5. The number of hydrogen-bond donors (Lipinski definition) is 0. The number of ether oxygens (including phenoxy) is 1. The van der Waals surface area contributed by atoms with E-state index >= 15 is 0 Å². The third-order valence-electron chi connectivity index (χ3n) is 5.60. The van der Waals surface area contributed by atoms with Crippen molar-refractivity contribution in [3.63, 3.8) is 0 Å². The molecule has 0 amide bonds. The van der Waals surface area contributed by atoms with Gasteiger partial charge < -0.3 is 4.74 Å². The Hall–Kier alpha value is -3.05. The Balaban J connectivity index is 2.06. The summed E-state index contributed by atoms with van der Waals surface area (Å²) in [5, 5.41) is 0. The standard InChI is InChI=1S/C27H29F2NO2/c1-3-32-26(31)18-25(23-15-10-16-24(17-23)27(28)29)30(19-21-11-6-4-7-12-21)20(2)22-13-8-5-9-14-22/h4-17,20,25,27H,3,18-19H2,1-2H3/t20-,25+/m1/s1. The summed E-state index contributed by atoms with van der Waals surface area (Å²) in [6, 6.07) is 25.8. The quantitative estimate of drug-likeness (QED) is 0.324. The van der Waals surface area contributed by atoms with Crippen LogP contribution in [0.2, 0.25) is 0 Å². The lowest BCUT2D eigenvalue weighted by Crippen LogP contribution is -2.33. The van der Waals surface area contributed by atoms with Crippen LogP contribution in [0.4, 0.5) is 8.78 Å². The first-order valence-electron chi connectivity index (χ1n) is 10.9. The van der Waals surface area contributed by atoms with Gasteiger partial charge in [0.1, 0.15) is 0 Å². The van der Waals surface area contributed by atoms with Gasteiger partial charge in [-0.1, -0.05) is 78.9 Å². The summed E-state index contributed by atoms with van der Waals surface area (Å²) in [6.07, 6.45) is -2.50. The van der Waals surface area contributed by atoms with Crippen molar-refractivity contribution in [1.82, 2.24) is 4.90 Å². The van der Waals surface area contributed by atoms with E-state index in [1.807, 2.05) is 66.7 Å². The summed E-state index contributed by atoms with van der Waals surface area (Å²) < 4.78 is 32.2. The van der Waals surface area contributed by atoms with E-state index in [2.05, 4.69) is 11.8 Å². The molecule has 0 spiro atoms. The van der Waals surface area contributed by atoms with Crippen LogP contribution in [0.3, 0.4) is 0 Å². The third kappa shape index (κ3) is 6.24. The molecule has 3 aromatic carbocycles.